The molecular weight excluding hydrogens is 123 g/mol. The molecule has 3 heteroatoms. The Balaban J connectivity index is 0.000000371. The molecule has 2 radical (unpaired) electrons. The molecule has 1 aromatic heterocycles. The molecule has 0 bridgehead atoms. The Hall–Kier alpha value is -0.725. The highest BCUT2D eigenvalue weighted by Gasteiger charge is 1.92. The lowest BCUT2D eigenvalue weighted by molar-refractivity contribution is 0.775. The van der Waals surface area contributed by atoms with E-state index in [-0.39, 0.29) is 0 Å². The maximum absolute atomic E-state index is 5.41. The molecule has 2 nitrogen and oxygen atoms in total. The van der Waals surface area contributed by atoms with Crippen LogP contribution in [0.2, 0.25) is 0 Å². The number of hydrogen-bond donors (Lipinski definition) is 0. The molecular formula is C7H13BN2. The molecule has 0 amide bonds. The predicted molar refractivity (Wildman–Crippen MR) is 44.7 cm³/mol. The summed E-state index contributed by atoms with van der Waals surface area (Å²) in [5.41, 5.74) is 1.65. The summed E-state index contributed by atoms with van der Waals surface area (Å²) in [6, 6.07) is 0. The van der Waals surface area contributed by atoms with Crippen LogP contribution >= 0.6 is 0 Å². The Labute approximate surface area is 63.7 Å². The molecule has 54 valence electrons. The Bertz CT molecular complexity index is 174. The summed E-state index contributed by atoms with van der Waals surface area (Å²) in [6.07, 6.45) is 1.88. The summed E-state index contributed by atoms with van der Waals surface area (Å²) in [5.74, 6) is 0. The van der Waals surface area contributed by atoms with Crippen LogP contribution in [-0.4, -0.2) is 17.6 Å². The fraction of sp³-hybridized carbons (Fsp3) is 0.571. The van der Waals surface area contributed by atoms with Crippen LogP contribution in [0.3, 0.4) is 0 Å². The Morgan fingerprint density at radius 1 is 1.50 bits per heavy atom. The zero-order chi connectivity index (χ0) is 8.15. The molecule has 0 aromatic carbocycles. The first-order chi connectivity index (χ1) is 4.70. The van der Waals surface area contributed by atoms with Gasteiger partial charge in [0.1, 0.15) is 7.85 Å². The molecule has 0 saturated carbocycles. The Kier molecular flexibility index (Phi) is 3.85. The van der Waals surface area contributed by atoms with Crippen molar-refractivity contribution in [2.75, 3.05) is 0 Å². The molecule has 10 heavy (non-hydrogen) atoms. The third-order valence-electron chi connectivity index (χ3n) is 1.05. The van der Waals surface area contributed by atoms with E-state index in [4.69, 9.17) is 7.85 Å². The number of aromatic nitrogens is 2. The predicted octanol–water partition coefficient (Wildman–Crippen LogP) is 0.549. The highest BCUT2D eigenvalue weighted by molar-refractivity contribution is 6.31. The molecule has 0 atom stereocenters. The standard InChI is InChI=1S/C5H7BN2.C2H6/c1-4-3-8(2)7-5(4)6;1-2/h3H,1-2H3;1-2H3. The first kappa shape index (κ1) is 9.27. The van der Waals surface area contributed by atoms with Crippen LogP contribution in [0.4, 0.5) is 0 Å². The van der Waals surface area contributed by atoms with Crippen LogP contribution < -0.4 is 5.59 Å². The van der Waals surface area contributed by atoms with Crippen LogP contribution in [0.5, 0.6) is 0 Å². The quantitative estimate of drug-likeness (QED) is 0.476. The van der Waals surface area contributed by atoms with E-state index in [0.29, 0.717) is 5.59 Å². The maximum atomic E-state index is 5.41. The second kappa shape index (κ2) is 4.15. The van der Waals surface area contributed by atoms with Crippen molar-refractivity contribution in [3.63, 3.8) is 0 Å². The van der Waals surface area contributed by atoms with Crippen LogP contribution in [0, 0.1) is 6.92 Å². The lowest BCUT2D eigenvalue weighted by Gasteiger charge is -1.80. The van der Waals surface area contributed by atoms with Crippen molar-refractivity contribution in [1.29, 1.82) is 0 Å². The lowest BCUT2D eigenvalue weighted by atomic mass is 10.0. The average Bonchev–Trinajstić information content (AvgIpc) is 2.16. The van der Waals surface area contributed by atoms with Crippen molar-refractivity contribution in [3.8, 4) is 0 Å². The average molecular weight is 136 g/mol. The Morgan fingerprint density at radius 3 is 2.10 bits per heavy atom. The summed E-state index contributed by atoms with van der Waals surface area (Å²) in [6.45, 7) is 5.93. The SMILES string of the molecule is CC.[B]c1nn(C)cc1C. The van der Waals surface area contributed by atoms with Crippen molar-refractivity contribution in [2.24, 2.45) is 7.05 Å². The van der Waals surface area contributed by atoms with Gasteiger partial charge in [0.25, 0.3) is 0 Å². The van der Waals surface area contributed by atoms with Crippen molar-refractivity contribution < 1.29 is 0 Å². The summed E-state index contributed by atoms with van der Waals surface area (Å²) in [4.78, 5) is 0. The second-order valence-corrected chi connectivity index (χ2v) is 1.87. The van der Waals surface area contributed by atoms with Gasteiger partial charge in [0.2, 0.25) is 0 Å². The smallest absolute Gasteiger partial charge is 0.144 e. The van der Waals surface area contributed by atoms with Gasteiger partial charge in [-0.2, -0.15) is 5.10 Å². The first-order valence-electron chi connectivity index (χ1n) is 3.46. The van der Waals surface area contributed by atoms with Crippen molar-refractivity contribution in [2.45, 2.75) is 20.8 Å². The van der Waals surface area contributed by atoms with E-state index in [2.05, 4.69) is 5.10 Å². The molecule has 1 heterocycles. The van der Waals surface area contributed by atoms with Gasteiger partial charge in [-0.3, -0.25) is 4.68 Å². The van der Waals surface area contributed by atoms with E-state index in [1.54, 1.807) is 4.68 Å². The molecule has 0 saturated heterocycles. The van der Waals surface area contributed by atoms with Gasteiger partial charge in [0, 0.05) is 18.8 Å². The number of hydrogen-bond acceptors (Lipinski definition) is 1. The fourth-order valence-corrected chi connectivity index (χ4v) is 0.624. The second-order valence-electron chi connectivity index (χ2n) is 1.87. The van der Waals surface area contributed by atoms with Gasteiger partial charge in [-0.25, -0.2) is 0 Å². The van der Waals surface area contributed by atoms with Crippen LogP contribution in [-0.2, 0) is 7.05 Å². The molecule has 1 rings (SSSR count). The minimum atomic E-state index is 0.618. The van der Waals surface area contributed by atoms with Crippen LogP contribution in [0.15, 0.2) is 6.20 Å². The maximum Gasteiger partial charge on any atom is 0.144 e. The summed E-state index contributed by atoms with van der Waals surface area (Å²) in [5, 5.41) is 3.91. The van der Waals surface area contributed by atoms with Crippen molar-refractivity contribution >= 4 is 13.4 Å². The lowest BCUT2D eigenvalue weighted by Crippen LogP contribution is -2.07. The summed E-state index contributed by atoms with van der Waals surface area (Å²) < 4.78 is 1.70. The number of aryl methyl sites for hydroxylation is 2. The molecule has 0 aliphatic carbocycles. The molecule has 0 fully saturated rings. The minimum absolute atomic E-state index is 0.618. The summed E-state index contributed by atoms with van der Waals surface area (Å²) in [7, 11) is 7.26. The zero-order valence-corrected chi connectivity index (χ0v) is 7.05. The van der Waals surface area contributed by atoms with Gasteiger partial charge in [0.15, 0.2) is 0 Å². The van der Waals surface area contributed by atoms with Gasteiger partial charge in [-0.05, 0) is 12.5 Å². The monoisotopic (exact) mass is 136 g/mol. The van der Waals surface area contributed by atoms with Gasteiger partial charge < -0.3 is 0 Å². The van der Waals surface area contributed by atoms with E-state index in [0.717, 1.165) is 5.56 Å². The van der Waals surface area contributed by atoms with Gasteiger partial charge in [0.05, 0.1) is 0 Å². The Morgan fingerprint density at radius 2 is 2.00 bits per heavy atom. The highest BCUT2D eigenvalue weighted by atomic mass is 15.2. The fourth-order valence-electron chi connectivity index (χ4n) is 0.624. The molecule has 1 aromatic rings. The highest BCUT2D eigenvalue weighted by Crippen LogP contribution is 1.85. The van der Waals surface area contributed by atoms with E-state index in [1.807, 2.05) is 34.0 Å². The van der Waals surface area contributed by atoms with Gasteiger partial charge in [-0.15, -0.1) is 0 Å². The first-order valence-corrected chi connectivity index (χ1v) is 3.46. The van der Waals surface area contributed by atoms with E-state index in [9.17, 15) is 0 Å². The van der Waals surface area contributed by atoms with E-state index in [1.165, 1.54) is 0 Å². The molecule has 0 aliphatic rings. The largest absolute Gasteiger partial charge is 0.276 e. The van der Waals surface area contributed by atoms with Crippen molar-refractivity contribution in [3.05, 3.63) is 11.8 Å². The van der Waals surface area contributed by atoms with Gasteiger partial charge >= 0.3 is 0 Å². The third kappa shape index (κ3) is 2.25. The third-order valence-corrected chi connectivity index (χ3v) is 1.05. The van der Waals surface area contributed by atoms with E-state index < -0.39 is 0 Å². The molecule has 0 unspecified atom stereocenters. The minimum Gasteiger partial charge on any atom is -0.276 e. The van der Waals surface area contributed by atoms with E-state index >= 15 is 0 Å². The van der Waals surface area contributed by atoms with Crippen LogP contribution in [0.25, 0.3) is 0 Å². The van der Waals surface area contributed by atoms with Crippen molar-refractivity contribution in [1.82, 2.24) is 9.78 Å². The topological polar surface area (TPSA) is 17.8 Å². The molecule has 0 spiro atoms. The zero-order valence-electron chi connectivity index (χ0n) is 7.05. The number of rotatable bonds is 0. The number of nitrogens with zero attached hydrogens (tertiary/aromatic N) is 2. The molecule has 0 aliphatic heterocycles. The van der Waals surface area contributed by atoms with Crippen LogP contribution in [0.1, 0.15) is 19.4 Å². The normalized spacial score (nSPS) is 8.40. The summed E-state index contributed by atoms with van der Waals surface area (Å²) >= 11 is 0. The molecule has 0 N–H and O–H groups in total. The van der Waals surface area contributed by atoms with Gasteiger partial charge in [-0.1, -0.05) is 13.8 Å².